The second kappa shape index (κ2) is 8.99. The highest BCUT2D eigenvalue weighted by molar-refractivity contribution is 5.96. The van der Waals surface area contributed by atoms with E-state index in [9.17, 15) is 4.79 Å². The van der Waals surface area contributed by atoms with Gasteiger partial charge in [-0.25, -0.2) is 4.79 Å². The number of H-pyrrole nitrogens is 1. The van der Waals surface area contributed by atoms with Gasteiger partial charge in [0.2, 0.25) is 0 Å². The van der Waals surface area contributed by atoms with E-state index in [4.69, 9.17) is 30.5 Å². The average Bonchev–Trinajstić information content (AvgIpc) is 3.31. The van der Waals surface area contributed by atoms with Gasteiger partial charge in [0.25, 0.3) is 5.97 Å². The van der Waals surface area contributed by atoms with Crippen LogP contribution in [0.4, 0.5) is 10.5 Å². The van der Waals surface area contributed by atoms with Crippen LogP contribution in [0.5, 0.6) is 5.75 Å². The maximum atomic E-state index is 12.1. The first kappa shape index (κ1) is 20.7. The van der Waals surface area contributed by atoms with E-state index in [2.05, 4.69) is 4.98 Å². The molecule has 0 radical (unpaired) electrons. The van der Waals surface area contributed by atoms with Crippen LogP contribution in [0.25, 0.3) is 10.9 Å². The molecule has 1 aliphatic heterocycles. The van der Waals surface area contributed by atoms with Crippen molar-refractivity contribution in [1.82, 2.24) is 4.98 Å². The molecule has 1 aromatic heterocycles. The molecule has 1 atom stereocenters. The summed E-state index contributed by atoms with van der Waals surface area (Å²) in [6.07, 6.45) is 1.12. The van der Waals surface area contributed by atoms with E-state index in [0.717, 1.165) is 23.6 Å². The molecular weight excluding hydrogens is 388 g/mol. The van der Waals surface area contributed by atoms with Crippen LogP contribution in [0.3, 0.4) is 0 Å². The molecule has 9 nitrogen and oxygen atoms in total. The Bertz CT molecular complexity index is 1060. The number of amidine groups is 1. The molecule has 156 valence electrons. The van der Waals surface area contributed by atoms with Crippen LogP contribution >= 0.6 is 0 Å². The third kappa shape index (κ3) is 5.07. The SMILES string of the molecule is CC(=O)O.N=C(N)c1ccc(N2CC(COc3ccc4[nH]ccc4c3)OC2=O)cc1. The fourth-order valence-electron chi connectivity index (χ4n) is 2.95. The second-order valence-corrected chi connectivity index (χ2v) is 6.63. The lowest BCUT2D eigenvalue weighted by Crippen LogP contribution is -2.26. The molecule has 2 aromatic carbocycles. The van der Waals surface area contributed by atoms with E-state index >= 15 is 0 Å². The Morgan fingerprint density at radius 2 is 2.00 bits per heavy atom. The number of rotatable bonds is 5. The quantitative estimate of drug-likeness (QED) is 0.376. The van der Waals surface area contributed by atoms with Gasteiger partial charge in [0.1, 0.15) is 18.2 Å². The number of nitrogen functional groups attached to an aromatic ring is 1. The summed E-state index contributed by atoms with van der Waals surface area (Å²) in [5, 5.41) is 15.9. The van der Waals surface area contributed by atoms with E-state index in [0.29, 0.717) is 17.8 Å². The predicted molar refractivity (Wildman–Crippen MR) is 112 cm³/mol. The summed E-state index contributed by atoms with van der Waals surface area (Å²) in [5.41, 5.74) is 7.81. The fraction of sp³-hybridized carbons (Fsp3) is 0.190. The zero-order chi connectivity index (χ0) is 21.7. The van der Waals surface area contributed by atoms with Crippen molar-refractivity contribution in [3.8, 4) is 5.75 Å². The number of aromatic amines is 1. The van der Waals surface area contributed by atoms with Crippen LogP contribution in [0.2, 0.25) is 0 Å². The van der Waals surface area contributed by atoms with Gasteiger partial charge in [-0.1, -0.05) is 0 Å². The van der Waals surface area contributed by atoms with E-state index in [1.54, 1.807) is 29.2 Å². The number of carbonyl (C=O) groups excluding carboxylic acids is 1. The Balaban J connectivity index is 0.000000589. The Morgan fingerprint density at radius 3 is 2.67 bits per heavy atom. The monoisotopic (exact) mass is 410 g/mol. The lowest BCUT2D eigenvalue weighted by Gasteiger charge is -2.13. The number of aliphatic carboxylic acids is 1. The summed E-state index contributed by atoms with van der Waals surface area (Å²) >= 11 is 0. The number of fused-ring (bicyclic) bond motifs is 1. The molecule has 4 rings (SSSR count). The van der Waals surface area contributed by atoms with Crippen molar-refractivity contribution < 1.29 is 24.2 Å². The average molecular weight is 410 g/mol. The summed E-state index contributed by atoms with van der Waals surface area (Å²) in [6, 6.07) is 14.7. The molecular formula is C21H22N4O5. The topological polar surface area (TPSA) is 142 Å². The molecule has 0 saturated carbocycles. The minimum Gasteiger partial charge on any atom is -0.490 e. The molecule has 3 aromatic rings. The third-order valence-electron chi connectivity index (χ3n) is 4.32. The minimum absolute atomic E-state index is 0.00813. The molecule has 1 saturated heterocycles. The zero-order valence-electron chi connectivity index (χ0n) is 16.3. The van der Waals surface area contributed by atoms with Crippen LogP contribution < -0.4 is 15.4 Å². The molecule has 0 aliphatic carbocycles. The number of benzene rings is 2. The standard InChI is InChI=1S/C19H18N4O3.C2H4O2/c20-18(21)12-1-3-14(4-2-12)23-10-16(26-19(23)24)11-25-15-5-6-17-13(9-15)7-8-22-17;1-2(3)4/h1-9,16,22H,10-11H2,(H3,20,21);1H3,(H,3,4). The van der Waals surface area contributed by atoms with Gasteiger partial charge in [0.05, 0.1) is 6.54 Å². The molecule has 2 heterocycles. The van der Waals surface area contributed by atoms with Gasteiger partial charge < -0.3 is 25.3 Å². The number of nitrogens with one attached hydrogen (secondary N) is 2. The van der Waals surface area contributed by atoms with E-state index in [-0.39, 0.29) is 18.5 Å². The maximum Gasteiger partial charge on any atom is 0.414 e. The molecule has 1 aliphatic rings. The van der Waals surface area contributed by atoms with Crippen molar-refractivity contribution in [3.63, 3.8) is 0 Å². The Labute approximate surface area is 172 Å². The summed E-state index contributed by atoms with van der Waals surface area (Å²) in [6.45, 7) is 1.77. The van der Waals surface area contributed by atoms with Gasteiger partial charge in [-0.15, -0.1) is 0 Å². The first-order valence-corrected chi connectivity index (χ1v) is 9.15. The predicted octanol–water partition coefficient (Wildman–Crippen LogP) is 2.95. The fourth-order valence-corrected chi connectivity index (χ4v) is 2.95. The van der Waals surface area contributed by atoms with Gasteiger partial charge in [-0.3, -0.25) is 15.1 Å². The molecule has 30 heavy (non-hydrogen) atoms. The number of carboxylic acid groups (broad SMARTS) is 1. The number of hydrogen-bond donors (Lipinski definition) is 4. The largest absolute Gasteiger partial charge is 0.490 e. The first-order valence-electron chi connectivity index (χ1n) is 9.15. The highest BCUT2D eigenvalue weighted by atomic mass is 16.6. The maximum absolute atomic E-state index is 12.1. The normalized spacial score (nSPS) is 15.3. The number of carbonyl (C=O) groups is 2. The van der Waals surface area contributed by atoms with Gasteiger partial charge >= 0.3 is 6.09 Å². The van der Waals surface area contributed by atoms with Gasteiger partial charge in [-0.2, -0.15) is 0 Å². The van der Waals surface area contributed by atoms with Gasteiger partial charge in [0.15, 0.2) is 6.10 Å². The molecule has 1 unspecified atom stereocenters. The number of anilines is 1. The van der Waals surface area contributed by atoms with Crippen molar-refractivity contribution in [2.45, 2.75) is 13.0 Å². The number of amides is 1. The van der Waals surface area contributed by atoms with Crippen molar-refractivity contribution in [2.24, 2.45) is 5.73 Å². The number of cyclic esters (lactones) is 1. The Morgan fingerprint density at radius 1 is 1.30 bits per heavy atom. The number of nitrogens with two attached hydrogens (primary N) is 1. The van der Waals surface area contributed by atoms with E-state index < -0.39 is 12.1 Å². The number of carboxylic acids is 1. The van der Waals surface area contributed by atoms with Crippen molar-refractivity contribution >= 4 is 34.5 Å². The zero-order valence-corrected chi connectivity index (χ0v) is 16.3. The third-order valence-corrected chi connectivity index (χ3v) is 4.32. The Kier molecular flexibility index (Phi) is 6.21. The highest BCUT2D eigenvalue weighted by Gasteiger charge is 2.32. The molecule has 9 heteroatoms. The number of aromatic nitrogens is 1. The summed E-state index contributed by atoms with van der Waals surface area (Å²) in [5.74, 6) is -0.108. The van der Waals surface area contributed by atoms with Crippen molar-refractivity contribution in [2.75, 3.05) is 18.1 Å². The summed E-state index contributed by atoms with van der Waals surface area (Å²) < 4.78 is 11.2. The van der Waals surface area contributed by atoms with Crippen LogP contribution in [-0.2, 0) is 9.53 Å². The van der Waals surface area contributed by atoms with Crippen LogP contribution in [-0.4, -0.2) is 47.2 Å². The van der Waals surface area contributed by atoms with Crippen LogP contribution in [0.1, 0.15) is 12.5 Å². The van der Waals surface area contributed by atoms with E-state index in [1.165, 1.54) is 0 Å². The van der Waals surface area contributed by atoms with E-state index in [1.807, 2.05) is 30.5 Å². The smallest absolute Gasteiger partial charge is 0.414 e. The lowest BCUT2D eigenvalue weighted by atomic mass is 10.2. The lowest BCUT2D eigenvalue weighted by molar-refractivity contribution is -0.134. The molecule has 1 amide bonds. The van der Waals surface area contributed by atoms with Crippen molar-refractivity contribution in [3.05, 3.63) is 60.3 Å². The van der Waals surface area contributed by atoms with Gasteiger partial charge in [0, 0.05) is 35.3 Å². The molecule has 5 N–H and O–H groups in total. The molecule has 1 fully saturated rings. The second-order valence-electron chi connectivity index (χ2n) is 6.63. The number of hydrogen-bond acceptors (Lipinski definition) is 5. The summed E-state index contributed by atoms with van der Waals surface area (Å²) in [7, 11) is 0. The van der Waals surface area contributed by atoms with Gasteiger partial charge in [-0.05, 0) is 48.5 Å². The van der Waals surface area contributed by atoms with Crippen LogP contribution in [0, 0.1) is 5.41 Å². The van der Waals surface area contributed by atoms with Crippen LogP contribution in [0.15, 0.2) is 54.7 Å². The first-order chi connectivity index (χ1) is 14.3. The molecule has 0 bridgehead atoms. The highest BCUT2D eigenvalue weighted by Crippen LogP contribution is 2.24. The Hall–Kier alpha value is -4.01. The minimum atomic E-state index is -0.833. The number of nitrogens with zero attached hydrogens (tertiary/aromatic N) is 1. The summed E-state index contributed by atoms with van der Waals surface area (Å²) in [4.78, 5) is 25.8. The number of ether oxygens (including phenoxy) is 2. The van der Waals surface area contributed by atoms with Crippen molar-refractivity contribution in [1.29, 1.82) is 5.41 Å². The molecule has 0 spiro atoms.